The van der Waals surface area contributed by atoms with Gasteiger partial charge in [0.25, 0.3) is 0 Å². The van der Waals surface area contributed by atoms with Gasteiger partial charge >= 0.3 is 0 Å². The second-order valence-corrected chi connectivity index (χ2v) is 9.32. The standard InChI is InChI=1S/C26H29FN4S/c1-17-16-20(18(2)30(17)19-10-4-3-5-11-19)25-24(22-13-8-9-15-28-22)29-26(32)31(25)23-14-7-6-12-21(23)27/h6-9,12-16,19,24-25H,3-5,10-11H2,1-2H3,(H,29,32). The summed E-state index contributed by atoms with van der Waals surface area (Å²) in [5.41, 5.74) is 5.08. The minimum absolute atomic E-state index is 0.163. The van der Waals surface area contributed by atoms with Gasteiger partial charge < -0.3 is 14.8 Å². The Balaban J connectivity index is 1.65. The third kappa shape index (κ3) is 3.60. The number of para-hydroxylation sites is 1. The van der Waals surface area contributed by atoms with Gasteiger partial charge in [0.15, 0.2) is 5.11 Å². The highest BCUT2D eigenvalue weighted by Crippen LogP contribution is 2.45. The molecule has 3 heterocycles. The Hall–Kier alpha value is -2.73. The molecule has 1 aliphatic heterocycles. The Kier molecular flexibility index (Phi) is 5.72. The quantitative estimate of drug-likeness (QED) is 0.474. The molecule has 2 aliphatic rings. The molecule has 1 aromatic carbocycles. The molecule has 2 atom stereocenters. The van der Waals surface area contributed by atoms with E-state index in [9.17, 15) is 4.39 Å². The maximum Gasteiger partial charge on any atom is 0.174 e. The van der Waals surface area contributed by atoms with E-state index in [0.717, 1.165) is 5.69 Å². The van der Waals surface area contributed by atoms with E-state index >= 15 is 0 Å². The van der Waals surface area contributed by atoms with Crippen molar-refractivity contribution < 1.29 is 4.39 Å². The van der Waals surface area contributed by atoms with Crippen LogP contribution in [0.4, 0.5) is 10.1 Å². The first-order valence-electron chi connectivity index (χ1n) is 11.5. The van der Waals surface area contributed by atoms with Crippen molar-refractivity contribution in [2.75, 3.05) is 4.90 Å². The van der Waals surface area contributed by atoms with Gasteiger partial charge in [-0.25, -0.2) is 4.39 Å². The lowest BCUT2D eigenvalue weighted by atomic mass is 9.94. The topological polar surface area (TPSA) is 33.1 Å². The molecule has 2 unspecified atom stereocenters. The van der Waals surface area contributed by atoms with Crippen molar-refractivity contribution in [3.63, 3.8) is 0 Å². The number of hydrogen-bond donors (Lipinski definition) is 1. The van der Waals surface area contributed by atoms with Crippen molar-refractivity contribution in [2.24, 2.45) is 0 Å². The highest BCUT2D eigenvalue weighted by atomic mass is 32.1. The third-order valence-corrected chi connectivity index (χ3v) is 7.31. The molecule has 1 saturated carbocycles. The number of thiocarbonyl (C=S) groups is 1. The summed E-state index contributed by atoms with van der Waals surface area (Å²) in [5, 5.41) is 3.98. The van der Waals surface area contributed by atoms with Gasteiger partial charge in [-0.15, -0.1) is 0 Å². The molecule has 2 fully saturated rings. The molecule has 1 aliphatic carbocycles. The van der Waals surface area contributed by atoms with Crippen LogP contribution in [-0.2, 0) is 0 Å². The maximum atomic E-state index is 15.0. The van der Waals surface area contributed by atoms with Crippen LogP contribution in [0.15, 0.2) is 54.7 Å². The number of anilines is 1. The summed E-state index contributed by atoms with van der Waals surface area (Å²) in [6.45, 7) is 4.39. The molecule has 1 saturated heterocycles. The minimum Gasteiger partial charge on any atom is -0.351 e. The first kappa shape index (κ1) is 21.1. The van der Waals surface area contributed by atoms with E-state index in [1.54, 1.807) is 18.3 Å². The summed E-state index contributed by atoms with van der Waals surface area (Å²) in [6.07, 6.45) is 8.13. The van der Waals surface area contributed by atoms with Crippen LogP contribution in [0.3, 0.4) is 0 Å². The molecule has 0 radical (unpaired) electrons. The van der Waals surface area contributed by atoms with Crippen LogP contribution in [-0.4, -0.2) is 14.7 Å². The van der Waals surface area contributed by atoms with Crippen LogP contribution < -0.4 is 10.2 Å². The molecule has 32 heavy (non-hydrogen) atoms. The number of aryl methyl sites for hydroxylation is 1. The summed E-state index contributed by atoms with van der Waals surface area (Å²) in [5.74, 6) is -0.274. The summed E-state index contributed by atoms with van der Waals surface area (Å²) in [4.78, 5) is 6.56. The Bertz CT molecular complexity index is 1120. The molecule has 3 aromatic rings. The first-order chi connectivity index (χ1) is 15.6. The predicted molar refractivity (Wildman–Crippen MR) is 130 cm³/mol. The fourth-order valence-electron chi connectivity index (χ4n) is 5.58. The van der Waals surface area contributed by atoms with Crippen molar-refractivity contribution in [3.05, 3.63) is 83.2 Å². The largest absolute Gasteiger partial charge is 0.351 e. The van der Waals surface area contributed by atoms with Gasteiger partial charge in [-0.05, 0) is 74.8 Å². The average molecular weight is 449 g/mol. The number of nitrogens with one attached hydrogen (secondary N) is 1. The van der Waals surface area contributed by atoms with Crippen LogP contribution >= 0.6 is 12.2 Å². The van der Waals surface area contributed by atoms with Gasteiger partial charge in [0.05, 0.1) is 23.5 Å². The molecule has 5 rings (SSSR count). The summed E-state index contributed by atoms with van der Waals surface area (Å²) in [6, 6.07) is 15.2. The van der Waals surface area contributed by atoms with Gasteiger partial charge in [0.2, 0.25) is 0 Å². The normalized spacial score (nSPS) is 21.7. The molecule has 0 amide bonds. The molecule has 2 aromatic heterocycles. The van der Waals surface area contributed by atoms with E-state index in [1.165, 1.54) is 55.1 Å². The number of hydrogen-bond acceptors (Lipinski definition) is 2. The predicted octanol–water partition coefficient (Wildman–Crippen LogP) is 6.32. The average Bonchev–Trinajstić information content (AvgIpc) is 3.30. The van der Waals surface area contributed by atoms with Gasteiger partial charge in [0.1, 0.15) is 5.82 Å². The molecule has 1 N–H and O–H groups in total. The number of rotatable bonds is 4. The van der Waals surface area contributed by atoms with Crippen molar-refractivity contribution in [3.8, 4) is 0 Å². The van der Waals surface area contributed by atoms with Gasteiger partial charge in [0, 0.05) is 23.6 Å². The first-order valence-corrected chi connectivity index (χ1v) is 11.9. The van der Waals surface area contributed by atoms with Crippen molar-refractivity contribution in [1.82, 2.24) is 14.9 Å². The number of nitrogens with zero attached hydrogens (tertiary/aromatic N) is 3. The van der Waals surface area contributed by atoms with Crippen molar-refractivity contribution in [2.45, 2.75) is 64.1 Å². The molecular weight excluding hydrogens is 419 g/mol. The van der Waals surface area contributed by atoms with Crippen LogP contribution in [0.5, 0.6) is 0 Å². The molecule has 166 valence electrons. The highest BCUT2D eigenvalue weighted by molar-refractivity contribution is 7.80. The summed E-state index contributed by atoms with van der Waals surface area (Å²) in [7, 11) is 0. The summed E-state index contributed by atoms with van der Waals surface area (Å²) < 4.78 is 17.5. The lowest BCUT2D eigenvalue weighted by Gasteiger charge is -2.30. The molecule has 4 nitrogen and oxygen atoms in total. The lowest BCUT2D eigenvalue weighted by Crippen LogP contribution is -2.30. The third-order valence-electron chi connectivity index (χ3n) is 6.99. The fraction of sp³-hybridized carbons (Fsp3) is 0.385. The van der Waals surface area contributed by atoms with E-state index in [2.05, 4.69) is 34.8 Å². The summed E-state index contributed by atoms with van der Waals surface area (Å²) >= 11 is 5.76. The Morgan fingerprint density at radius 1 is 1.03 bits per heavy atom. The zero-order chi connectivity index (χ0) is 22.2. The van der Waals surface area contributed by atoms with E-state index in [0.29, 0.717) is 16.8 Å². The second kappa shape index (κ2) is 8.66. The van der Waals surface area contributed by atoms with Crippen LogP contribution in [0, 0.1) is 19.7 Å². The smallest absolute Gasteiger partial charge is 0.174 e. The Morgan fingerprint density at radius 3 is 2.50 bits per heavy atom. The zero-order valence-electron chi connectivity index (χ0n) is 18.6. The maximum absolute atomic E-state index is 15.0. The van der Waals surface area contributed by atoms with Crippen molar-refractivity contribution in [1.29, 1.82) is 0 Å². The van der Waals surface area contributed by atoms with E-state index in [-0.39, 0.29) is 17.9 Å². The van der Waals surface area contributed by atoms with Crippen molar-refractivity contribution >= 4 is 23.0 Å². The molecule has 0 bridgehead atoms. The number of benzene rings is 1. The SMILES string of the molecule is Cc1cc(C2C(c3ccccn3)NC(=S)N2c2ccccc2F)c(C)n1C1CCCCC1. The van der Waals surface area contributed by atoms with Gasteiger partial charge in [-0.3, -0.25) is 4.98 Å². The van der Waals surface area contributed by atoms with Crippen LogP contribution in [0.25, 0.3) is 0 Å². The van der Waals surface area contributed by atoms with Gasteiger partial charge in [-0.1, -0.05) is 37.5 Å². The Morgan fingerprint density at radius 2 is 1.78 bits per heavy atom. The second-order valence-electron chi connectivity index (χ2n) is 8.94. The highest BCUT2D eigenvalue weighted by Gasteiger charge is 2.43. The van der Waals surface area contributed by atoms with E-state index in [4.69, 9.17) is 12.2 Å². The molecule has 6 heteroatoms. The fourth-order valence-corrected chi connectivity index (χ4v) is 5.92. The van der Waals surface area contributed by atoms with E-state index < -0.39 is 0 Å². The lowest BCUT2D eigenvalue weighted by molar-refractivity contribution is 0.345. The van der Waals surface area contributed by atoms with E-state index in [1.807, 2.05) is 29.2 Å². The monoisotopic (exact) mass is 448 g/mol. The van der Waals surface area contributed by atoms with Gasteiger partial charge in [-0.2, -0.15) is 0 Å². The molecule has 0 spiro atoms. The number of pyridine rings is 1. The molecular formula is C26H29FN4S. The number of aromatic nitrogens is 2. The van der Waals surface area contributed by atoms with Crippen LogP contribution in [0.2, 0.25) is 0 Å². The Labute approximate surface area is 194 Å². The van der Waals surface area contributed by atoms with Crippen LogP contribution in [0.1, 0.15) is 72.9 Å². The minimum atomic E-state index is -0.274. The number of halogens is 1. The zero-order valence-corrected chi connectivity index (χ0v) is 19.4.